The minimum Gasteiger partial charge on any atom is -0.385 e. The summed E-state index contributed by atoms with van der Waals surface area (Å²) in [5.41, 5.74) is 5.68. The Bertz CT molecular complexity index is 115. The van der Waals surface area contributed by atoms with E-state index < -0.39 is 0 Å². The summed E-state index contributed by atoms with van der Waals surface area (Å²) in [6.07, 6.45) is 2.20. The molecule has 0 aliphatic heterocycles. The number of ether oxygens (including phenoxy) is 1. The Morgan fingerprint density at radius 2 is 2.18 bits per heavy atom. The molecular weight excluding hydrogens is 142 g/mol. The molecule has 0 rings (SSSR count). The van der Waals surface area contributed by atoms with Gasteiger partial charge in [0, 0.05) is 26.2 Å². The molecule has 3 heteroatoms. The second-order valence-corrected chi connectivity index (χ2v) is 2.78. The smallest absolute Gasteiger partial charge is 0.129 e. The van der Waals surface area contributed by atoms with E-state index in [1.54, 1.807) is 14.0 Å². The summed E-state index contributed by atoms with van der Waals surface area (Å²) in [7, 11) is 1.65. The number of hydrogen-bond acceptors (Lipinski definition) is 3. The van der Waals surface area contributed by atoms with Gasteiger partial charge >= 0.3 is 0 Å². The number of Topliss-reactive ketones (excluding diaryl/α,β-unsaturated/α-hetero) is 1. The van der Waals surface area contributed by atoms with E-state index in [1.165, 1.54) is 0 Å². The highest BCUT2D eigenvalue weighted by Crippen LogP contribution is 1.99. The number of carbonyl (C=O) groups excluding carboxylic acids is 1. The molecule has 0 fully saturated rings. The molecule has 0 aromatic rings. The summed E-state index contributed by atoms with van der Waals surface area (Å²) in [5, 5.41) is 0. The van der Waals surface area contributed by atoms with Gasteiger partial charge in [0.2, 0.25) is 0 Å². The van der Waals surface area contributed by atoms with Gasteiger partial charge < -0.3 is 15.3 Å². The molecule has 0 saturated heterocycles. The van der Waals surface area contributed by atoms with Gasteiger partial charge in [-0.1, -0.05) is 0 Å². The van der Waals surface area contributed by atoms with Gasteiger partial charge in [-0.3, -0.25) is 0 Å². The molecule has 0 aromatic carbocycles. The van der Waals surface area contributed by atoms with Crippen LogP contribution in [0.25, 0.3) is 0 Å². The predicted molar refractivity (Wildman–Crippen MR) is 44.4 cm³/mol. The third-order valence-corrected chi connectivity index (χ3v) is 1.56. The summed E-state index contributed by atoms with van der Waals surface area (Å²) in [6, 6.07) is 0.110. The number of carbonyl (C=O) groups is 1. The normalized spacial score (nSPS) is 13.0. The maximum atomic E-state index is 10.5. The van der Waals surface area contributed by atoms with Crippen LogP contribution in [-0.4, -0.2) is 25.5 Å². The fraction of sp³-hybridized carbons (Fsp3) is 0.875. The highest BCUT2D eigenvalue weighted by molar-refractivity contribution is 5.75. The van der Waals surface area contributed by atoms with Crippen molar-refractivity contribution in [3.8, 4) is 0 Å². The highest BCUT2D eigenvalue weighted by Gasteiger charge is 2.02. The maximum absolute atomic E-state index is 10.5. The average molecular weight is 159 g/mol. The molecule has 11 heavy (non-hydrogen) atoms. The minimum atomic E-state index is 0.110. The molecule has 1 atom stereocenters. The maximum Gasteiger partial charge on any atom is 0.129 e. The first-order chi connectivity index (χ1) is 5.16. The van der Waals surface area contributed by atoms with Gasteiger partial charge in [0.1, 0.15) is 5.78 Å². The van der Waals surface area contributed by atoms with Crippen LogP contribution in [0.4, 0.5) is 0 Å². The number of methoxy groups -OCH3 is 1. The van der Waals surface area contributed by atoms with Crippen LogP contribution in [0.15, 0.2) is 0 Å². The predicted octanol–water partition coefficient (Wildman–Crippen LogP) is 0.719. The van der Waals surface area contributed by atoms with Crippen LogP contribution < -0.4 is 5.73 Å². The summed E-state index contributed by atoms with van der Waals surface area (Å²) in [5.74, 6) is 0.206. The van der Waals surface area contributed by atoms with Crippen molar-refractivity contribution in [2.75, 3.05) is 13.7 Å². The van der Waals surface area contributed by atoms with Crippen LogP contribution >= 0.6 is 0 Å². The van der Waals surface area contributed by atoms with E-state index in [0.717, 1.165) is 12.8 Å². The quantitative estimate of drug-likeness (QED) is 0.621. The molecule has 0 aliphatic rings. The number of nitrogens with two attached hydrogens (primary N) is 1. The zero-order valence-electron chi connectivity index (χ0n) is 7.30. The van der Waals surface area contributed by atoms with Gasteiger partial charge in [0.05, 0.1) is 0 Å². The Balaban J connectivity index is 3.22. The van der Waals surface area contributed by atoms with E-state index in [4.69, 9.17) is 10.5 Å². The lowest BCUT2D eigenvalue weighted by atomic mass is 10.1. The molecule has 0 saturated carbocycles. The van der Waals surface area contributed by atoms with Crippen molar-refractivity contribution in [2.24, 2.45) is 5.73 Å². The van der Waals surface area contributed by atoms with Crippen LogP contribution in [-0.2, 0) is 9.53 Å². The minimum absolute atomic E-state index is 0.110. The molecule has 2 N–H and O–H groups in total. The van der Waals surface area contributed by atoms with E-state index in [2.05, 4.69) is 0 Å². The van der Waals surface area contributed by atoms with E-state index in [0.29, 0.717) is 13.0 Å². The number of rotatable bonds is 6. The number of hydrogen-bond donors (Lipinski definition) is 1. The molecule has 0 amide bonds. The summed E-state index contributed by atoms with van der Waals surface area (Å²) >= 11 is 0. The Morgan fingerprint density at radius 3 is 2.64 bits per heavy atom. The summed E-state index contributed by atoms with van der Waals surface area (Å²) < 4.78 is 4.85. The largest absolute Gasteiger partial charge is 0.385 e. The lowest BCUT2D eigenvalue weighted by Gasteiger charge is -2.08. The van der Waals surface area contributed by atoms with E-state index in [1.807, 2.05) is 0 Å². The molecule has 0 heterocycles. The second-order valence-electron chi connectivity index (χ2n) is 2.78. The topological polar surface area (TPSA) is 52.3 Å². The second kappa shape index (κ2) is 6.31. The van der Waals surface area contributed by atoms with E-state index >= 15 is 0 Å². The van der Waals surface area contributed by atoms with Crippen molar-refractivity contribution in [1.29, 1.82) is 0 Å². The third-order valence-electron chi connectivity index (χ3n) is 1.56. The summed E-state index contributed by atoms with van der Waals surface area (Å²) in [6.45, 7) is 2.27. The van der Waals surface area contributed by atoms with Crippen LogP contribution in [0.2, 0.25) is 0 Å². The molecule has 0 aliphatic carbocycles. The molecule has 1 unspecified atom stereocenters. The molecule has 0 aromatic heterocycles. The lowest BCUT2D eigenvalue weighted by Crippen LogP contribution is -2.22. The van der Waals surface area contributed by atoms with Gasteiger partial charge in [-0.05, 0) is 19.8 Å². The zero-order chi connectivity index (χ0) is 8.69. The Labute approximate surface area is 67.9 Å². The van der Waals surface area contributed by atoms with Crippen molar-refractivity contribution < 1.29 is 9.53 Å². The van der Waals surface area contributed by atoms with Crippen LogP contribution in [0, 0.1) is 0 Å². The molecule has 3 nitrogen and oxygen atoms in total. The Hall–Kier alpha value is -0.410. The third kappa shape index (κ3) is 7.49. The van der Waals surface area contributed by atoms with Crippen molar-refractivity contribution in [2.45, 2.75) is 32.2 Å². The van der Waals surface area contributed by atoms with Crippen LogP contribution in [0.5, 0.6) is 0 Å². The van der Waals surface area contributed by atoms with Crippen LogP contribution in [0.1, 0.15) is 26.2 Å². The Kier molecular flexibility index (Phi) is 6.07. The SMILES string of the molecule is COCCC(N)CCC(C)=O. The van der Waals surface area contributed by atoms with Crippen molar-refractivity contribution in [1.82, 2.24) is 0 Å². The van der Waals surface area contributed by atoms with Gasteiger partial charge in [-0.25, -0.2) is 0 Å². The van der Waals surface area contributed by atoms with Crippen molar-refractivity contribution >= 4 is 5.78 Å². The molecule has 0 bridgehead atoms. The average Bonchev–Trinajstić information content (AvgIpc) is 1.97. The molecule has 0 spiro atoms. The van der Waals surface area contributed by atoms with Crippen molar-refractivity contribution in [3.05, 3.63) is 0 Å². The Morgan fingerprint density at radius 1 is 1.55 bits per heavy atom. The monoisotopic (exact) mass is 159 g/mol. The van der Waals surface area contributed by atoms with Gasteiger partial charge in [0.25, 0.3) is 0 Å². The number of ketones is 1. The fourth-order valence-corrected chi connectivity index (χ4v) is 0.802. The summed E-state index contributed by atoms with van der Waals surface area (Å²) in [4.78, 5) is 10.5. The standard InChI is InChI=1S/C8H17NO2/c1-7(10)3-4-8(9)5-6-11-2/h8H,3-6,9H2,1-2H3. The lowest BCUT2D eigenvalue weighted by molar-refractivity contribution is -0.117. The molecular formula is C8H17NO2. The molecule has 0 radical (unpaired) electrons. The first-order valence-electron chi connectivity index (χ1n) is 3.90. The van der Waals surface area contributed by atoms with Gasteiger partial charge in [-0.2, -0.15) is 0 Å². The van der Waals surface area contributed by atoms with Gasteiger partial charge in [-0.15, -0.1) is 0 Å². The van der Waals surface area contributed by atoms with Crippen LogP contribution in [0.3, 0.4) is 0 Å². The fourth-order valence-electron chi connectivity index (χ4n) is 0.802. The first-order valence-corrected chi connectivity index (χ1v) is 3.90. The van der Waals surface area contributed by atoms with E-state index in [9.17, 15) is 4.79 Å². The zero-order valence-corrected chi connectivity index (χ0v) is 7.30. The molecule has 66 valence electrons. The highest BCUT2D eigenvalue weighted by atomic mass is 16.5. The van der Waals surface area contributed by atoms with Crippen molar-refractivity contribution in [3.63, 3.8) is 0 Å². The van der Waals surface area contributed by atoms with E-state index in [-0.39, 0.29) is 11.8 Å². The first kappa shape index (κ1) is 10.6. The van der Waals surface area contributed by atoms with Gasteiger partial charge in [0.15, 0.2) is 0 Å².